The van der Waals surface area contributed by atoms with E-state index in [1.165, 1.54) is 0 Å². The van der Waals surface area contributed by atoms with Gasteiger partial charge in [-0.1, -0.05) is 0 Å². The summed E-state index contributed by atoms with van der Waals surface area (Å²) in [4.78, 5) is 12.7. The number of nitrogens with one attached hydrogen (secondary N) is 2. The second-order valence-electron chi connectivity index (χ2n) is 5.41. The molecule has 112 valence electrons. The second kappa shape index (κ2) is 5.44. The van der Waals surface area contributed by atoms with Crippen LogP contribution < -0.4 is 20.1 Å². The molecule has 0 amide bonds. The lowest BCUT2D eigenvalue weighted by Crippen LogP contribution is -2.26. The summed E-state index contributed by atoms with van der Waals surface area (Å²) in [6.45, 7) is 2.47. The summed E-state index contributed by atoms with van der Waals surface area (Å²) < 4.78 is 11.0. The highest BCUT2D eigenvalue weighted by molar-refractivity contribution is 6.09. The van der Waals surface area contributed by atoms with Crippen molar-refractivity contribution in [1.82, 2.24) is 10.6 Å². The molecule has 2 aromatic rings. The zero-order chi connectivity index (χ0) is 14.9. The quantitative estimate of drug-likeness (QED) is 0.828. The Morgan fingerprint density at radius 3 is 1.82 bits per heavy atom. The van der Waals surface area contributed by atoms with Gasteiger partial charge in [0.15, 0.2) is 5.78 Å². The van der Waals surface area contributed by atoms with E-state index in [2.05, 4.69) is 10.6 Å². The molecule has 22 heavy (non-hydrogen) atoms. The number of benzene rings is 2. The lowest BCUT2D eigenvalue weighted by atomic mass is 9.98. The average Bonchev–Trinajstić information content (AvgIpc) is 2.60. The molecule has 0 atom stereocenters. The van der Waals surface area contributed by atoms with Crippen LogP contribution in [0.15, 0.2) is 36.4 Å². The maximum atomic E-state index is 12.7. The van der Waals surface area contributed by atoms with Gasteiger partial charge in [0.1, 0.15) is 25.0 Å². The zero-order valence-electron chi connectivity index (χ0n) is 12.0. The summed E-state index contributed by atoms with van der Waals surface area (Å²) in [5, 5.41) is 6.26. The van der Waals surface area contributed by atoms with Crippen LogP contribution in [0.5, 0.6) is 11.5 Å². The maximum absolute atomic E-state index is 12.7. The van der Waals surface area contributed by atoms with Crippen LogP contribution in [-0.4, -0.2) is 19.2 Å². The molecule has 0 aromatic heterocycles. The van der Waals surface area contributed by atoms with E-state index in [1.807, 2.05) is 36.4 Å². The van der Waals surface area contributed by atoms with Crippen LogP contribution >= 0.6 is 0 Å². The minimum absolute atomic E-state index is 0.0155. The third-order valence-electron chi connectivity index (χ3n) is 3.94. The Bertz CT molecular complexity index is 681. The first-order chi connectivity index (χ1) is 10.8. The van der Waals surface area contributed by atoms with Crippen LogP contribution in [0.3, 0.4) is 0 Å². The molecule has 0 bridgehead atoms. The molecule has 4 rings (SSSR count). The summed E-state index contributed by atoms with van der Waals surface area (Å²) in [6, 6.07) is 11.2. The fourth-order valence-corrected chi connectivity index (χ4v) is 2.79. The van der Waals surface area contributed by atoms with Crippen molar-refractivity contribution in [3.8, 4) is 11.5 Å². The molecule has 0 spiro atoms. The summed E-state index contributed by atoms with van der Waals surface area (Å²) in [5.41, 5.74) is 3.38. The van der Waals surface area contributed by atoms with Crippen molar-refractivity contribution in [1.29, 1.82) is 0 Å². The highest BCUT2D eigenvalue weighted by atomic mass is 16.5. The Balaban J connectivity index is 1.66. The Kier molecular flexibility index (Phi) is 3.29. The van der Waals surface area contributed by atoms with E-state index in [4.69, 9.17) is 9.47 Å². The number of carbonyl (C=O) groups excluding carboxylic acids is 1. The Morgan fingerprint density at radius 1 is 0.818 bits per heavy atom. The van der Waals surface area contributed by atoms with Crippen LogP contribution in [-0.2, 0) is 13.1 Å². The van der Waals surface area contributed by atoms with Crippen LogP contribution in [0.1, 0.15) is 27.0 Å². The van der Waals surface area contributed by atoms with Crippen LogP contribution in [0.25, 0.3) is 0 Å². The monoisotopic (exact) mass is 296 g/mol. The van der Waals surface area contributed by atoms with Gasteiger partial charge in [0, 0.05) is 35.3 Å². The fourth-order valence-electron chi connectivity index (χ4n) is 2.79. The lowest BCUT2D eigenvalue weighted by molar-refractivity contribution is 0.103. The third kappa shape index (κ3) is 2.34. The van der Waals surface area contributed by atoms with Gasteiger partial charge in [0.2, 0.25) is 0 Å². The van der Waals surface area contributed by atoms with E-state index in [-0.39, 0.29) is 5.78 Å². The molecule has 0 unspecified atom stereocenters. The van der Waals surface area contributed by atoms with E-state index in [0.29, 0.717) is 24.6 Å². The Labute approximate surface area is 128 Å². The summed E-state index contributed by atoms with van der Waals surface area (Å²) in [7, 11) is 0. The minimum Gasteiger partial charge on any atom is -0.478 e. The van der Waals surface area contributed by atoms with E-state index in [0.717, 1.165) is 35.7 Å². The number of carbonyl (C=O) groups is 1. The van der Waals surface area contributed by atoms with Gasteiger partial charge in [-0.15, -0.1) is 0 Å². The lowest BCUT2D eigenvalue weighted by Gasteiger charge is -2.20. The van der Waals surface area contributed by atoms with Crippen molar-refractivity contribution in [3.63, 3.8) is 0 Å². The highest BCUT2D eigenvalue weighted by Crippen LogP contribution is 2.26. The van der Waals surface area contributed by atoms with Gasteiger partial charge in [-0.05, 0) is 36.4 Å². The average molecular weight is 296 g/mol. The van der Waals surface area contributed by atoms with Crippen molar-refractivity contribution in [3.05, 3.63) is 58.7 Å². The molecule has 0 saturated carbocycles. The van der Waals surface area contributed by atoms with E-state index >= 15 is 0 Å². The topological polar surface area (TPSA) is 59.6 Å². The second-order valence-corrected chi connectivity index (χ2v) is 5.41. The predicted molar refractivity (Wildman–Crippen MR) is 81.0 cm³/mol. The van der Waals surface area contributed by atoms with Gasteiger partial charge >= 0.3 is 0 Å². The molecule has 0 radical (unpaired) electrons. The van der Waals surface area contributed by atoms with Crippen molar-refractivity contribution >= 4 is 5.78 Å². The van der Waals surface area contributed by atoms with Gasteiger partial charge in [0.05, 0.1) is 0 Å². The van der Waals surface area contributed by atoms with E-state index in [9.17, 15) is 4.79 Å². The smallest absolute Gasteiger partial charge is 0.193 e. The van der Waals surface area contributed by atoms with E-state index in [1.54, 1.807) is 0 Å². The minimum atomic E-state index is 0.0155. The number of ketones is 1. The first-order valence-electron chi connectivity index (χ1n) is 7.29. The number of hydrogen-bond donors (Lipinski definition) is 2. The third-order valence-corrected chi connectivity index (χ3v) is 3.94. The molecule has 2 aliphatic rings. The van der Waals surface area contributed by atoms with Crippen LogP contribution in [0, 0.1) is 0 Å². The first kappa shape index (κ1) is 13.3. The number of ether oxygens (including phenoxy) is 2. The van der Waals surface area contributed by atoms with Crippen molar-refractivity contribution in [2.75, 3.05) is 13.5 Å². The summed E-state index contributed by atoms with van der Waals surface area (Å²) >= 11 is 0. The Hall–Kier alpha value is -2.37. The molecule has 2 heterocycles. The molecule has 5 nitrogen and oxygen atoms in total. The van der Waals surface area contributed by atoms with Crippen molar-refractivity contribution in [2.24, 2.45) is 0 Å². The molecule has 2 N–H and O–H groups in total. The van der Waals surface area contributed by atoms with Crippen molar-refractivity contribution < 1.29 is 14.3 Å². The zero-order valence-corrected chi connectivity index (χ0v) is 12.0. The van der Waals surface area contributed by atoms with E-state index < -0.39 is 0 Å². The SMILES string of the molecule is O=C(c1ccc2c(c1)CNCO2)c1ccc2c(c1)CNCO2. The number of hydrogen-bond acceptors (Lipinski definition) is 5. The normalized spacial score (nSPS) is 16.0. The highest BCUT2D eigenvalue weighted by Gasteiger charge is 2.17. The van der Waals surface area contributed by atoms with Gasteiger partial charge in [0.25, 0.3) is 0 Å². The molecule has 0 saturated heterocycles. The fraction of sp³-hybridized carbons (Fsp3) is 0.235. The van der Waals surface area contributed by atoms with Gasteiger partial charge < -0.3 is 9.47 Å². The maximum Gasteiger partial charge on any atom is 0.193 e. The summed E-state index contributed by atoms with van der Waals surface area (Å²) in [6.07, 6.45) is 0. The Morgan fingerprint density at radius 2 is 1.32 bits per heavy atom. The molecule has 5 heteroatoms. The molecule has 0 fully saturated rings. The van der Waals surface area contributed by atoms with Crippen molar-refractivity contribution in [2.45, 2.75) is 13.1 Å². The van der Waals surface area contributed by atoms with Crippen LogP contribution in [0.2, 0.25) is 0 Å². The molecule has 2 aromatic carbocycles. The predicted octanol–water partition coefficient (Wildman–Crippen LogP) is 1.80. The number of fused-ring (bicyclic) bond motifs is 2. The largest absolute Gasteiger partial charge is 0.478 e. The molecular formula is C17H16N2O3. The molecule has 0 aliphatic carbocycles. The standard InChI is InChI=1S/C17H16N2O3/c20-17(11-1-3-15-13(5-11)7-18-9-21-15)12-2-4-16-14(6-12)8-19-10-22-16/h1-6,18-19H,7-10H2. The van der Waals surface area contributed by atoms with Gasteiger partial charge in [-0.2, -0.15) is 0 Å². The van der Waals surface area contributed by atoms with Gasteiger partial charge in [-0.3, -0.25) is 15.4 Å². The molecule has 2 aliphatic heterocycles. The molecular weight excluding hydrogens is 280 g/mol. The van der Waals surface area contributed by atoms with Crippen LogP contribution in [0.4, 0.5) is 0 Å². The number of rotatable bonds is 2. The first-order valence-corrected chi connectivity index (χ1v) is 7.29. The van der Waals surface area contributed by atoms with Gasteiger partial charge in [-0.25, -0.2) is 0 Å². The summed E-state index contributed by atoms with van der Waals surface area (Å²) in [5.74, 6) is 1.71.